The van der Waals surface area contributed by atoms with Crippen LogP contribution in [0.25, 0.3) is 0 Å². The first-order valence-electron chi connectivity index (χ1n) is 10.1. The van der Waals surface area contributed by atoms with E-state index >= 15 is 0 Å². The van der Waals surface area contributed by atoms with Crippen LogP contribution in [0.1, 0.15) is 43.0 Å². The van der Waals surface area contributed by atoms with Crippen molar-refractivity contribution in [3.05, 3.63) is 51.6 Å². The predicted molar refractivity (Wildman–Crippen MR) is 103 cm³/mol. The number of aromatic nitrogens is 2. The largest absolute Gasteiger partial charge is 0.467 e. The van der Waals surface area contributed by atoms with Crippen LogP contribution in [0.2, 0.25) is 0 Å². The Morgan fingerprint density at radius 1 is 1.34 bits per heavy atom. The molecule has 1 aliphatic rings. The summed E-state index contributed by atoms with van der Waals surface area (Å²) in [4.78, 5) is 21.1. The lowest BCUT2D eigenvalue weighted by Gasteiger charge is -2.27. The molecule has 1 unspecified atom stereocenters. The van der Waals surface area contributed by atoms with Crippen molar-refractivity contribution in [1.82, 2.24) is 9.97 Å². The minimum absolute atomic E-state index is 0.171. The third kappa shape index (κ3) is 5.97. The van der Waals surface area contributed by atoms with Gasteiger partial charge >= 0.3 is 0 Å². The second-order valence-corrected chi connectivity index (χ2v) is 7.00. The van der Waals surface area contributed by atoms with Gasteiger partial charge in [0, 0.05) is 19.6 Å². The van der Waals surface area contributed by atoms with Crippen molar-refractivity contribution in [2.24, 2.45) is 0 Å². The van der Waals surface area contributed by atoms with E-state index in [1.165, 1.54) is 0 Å². The lowest BCUT2D eigenvalue weighted by Crippen LogP contribution is -3.13. The van der Waals surface area contributed by atoms with Crippen molar-refractivity contribution in [2.75, 3.05) is 32.9 Å². The summed E-state index contributed by atoms with van der Waals surface area (Å²) in [6, 6.07) is 3.63. The van der Waals surface area contributed by atoms with Crippen LogP contribution in [-0.4, -0.2) is 54.1 Å². The zero-order chi connectivity index (χ0) is 20.6. The quantitative estimate of drug-likeness (QED) is 0.447. The molecule has 0 saturated carbocycles. The highest BCUT2D eigenvalue weighted by molar-refractivity contribution is 5.19. The molecule has 3 rings (SSSR count). The summed E-state index contributed by atoms with van der Waals surface area (Å²) in [6.07, 6.45) is 0.966. The van der Waals surface area contributed by atoms with Gasteiger partial charge in [-0.05, 0) is 26.0 Å². The van der Waals surface area contributed by atoms with E-state index in [1.54, 1.807) is 12.3 Å². The standard InChI is InChI=1S/C20H29N3O6/c1-3-27-20(28-4-2)18-21-17-7-8-23(11-16(17)19(25)22-18)10-14(24)12-26-13-15-6-5-9-29-15/h5-6,9,14,20,24H,3-4,7-8,10-13H2,1-2H3,(H,21,22,25)/p+1/t14-/m1/s1. The van der Waals surface area contributed by atoms with E-state index < -0.39 is 12.4 Å². The summed E-state index contributed by atoms with van der Waals surface area (Å²) in [5.74, 6) is 1.13. The van der Waals surface area contributed by atoms with Crippen molar-refractivity contribution < 1.29 is 28.6 Å². The number of quaternary nitrogens is 1. The Balaban J connectivity index is 1.56. The molecular weight excluding hydrogens is 378 g/mol. The molecular formula is C20H30N3O6+. The van der Waals surface area contributed by atoms with Crippen LogP contribution in [0.3, 0.4) is 0 Å². The van der Waals surface area contributed by atoms with Gasteiger partial charge in [0.25, 0.3) is 5.56 Å². The molecule has 3 N–H and O–H groups in total. The molecule has 0 saturated heterocycles. The van der Waals surface area contributed by atoms with E-state index in [4.69, 9.17) is 18.6 Å². The highest BCUT2D eigenvalue weighted by Gasteiger charge is 2.27. The summed E-state index contributed by atoms with van der Waals surface area (Å²) in [7, 11) is 0. The second kappa shape index (κ2) is 10.7. The summed E-state index contributed by atoms with van der Waals surface area (Å²) >= 11 is 0. The van der Waals surface area contributed by atoms with Gasteiger partial charge < -0.3 is 33.6 Å². The maximum absolute atomic E-state index is 12.6. The van der Waals surface area contributed by atoms with Crippen LogP contribution in [0.15, 0.2) is 27.6 Å². The molecule has 0 spiro atoms. The minimum Gasteiger partial charge on any atom is -0.467 e. The Hall–Kier alpha value is -2.04. The summed E-state index contributed by atoms with van der Waals surface area (Å²) in [5.41, 5.74) is 1.26. The average Bonchev–Trinajstić information content (AvgIpc) is 3.21. The van der Waals surface area contributed by atoms with Crippen LogP contribution < -0.4 is 10.5 Å². The van der Waals surface area contributed by atoms with Crippen molar-refractivity contribution in [2.45, 2.75) is 45.8 Å². The van der Waals surface area contributed by atoms with Crippen LogP contribution in [0, 0.1) is 0 Å². The van der Waals surface area contributed by atoms with Gasteiger partial charge in [-0.2, -0.15) is 0 Å². The van der Waals surface area contributed by atoms with Gasteiger partial charge in [0.05, 0.1) is 30.7 Å². The molecule has 0 fully saturated rings. The van der Waals surface area contributed by atoms with Crippen molar-refractivity contribution in [1.29, 1.82) is 0 Å². The SMILES string of the molecule is CCOC(OCC)c1nc2c(c(=O)[nH]1)C[NH+](C[C@@H](O)COCc1ccco1)CC2. The molecule has 160 valence electrons. The third-order valence-corrected chi connectivity index (χ3v) is 4.78. The van der Waals surface area contributed by atoms with E-state index in [1.807, 2.05) is 19.9 Å². The van der Waals surface area contributed by atoms with E-state index in [9.17, 15) is 9.90 Å². The molecule has 0 amide bonds. The smallest absolute Gasteiger partial charge is 0.260 e. The average molecular weight is 408 g/mol. The van der Waals surface area contributed by atoms with E-state index in [-0.39, 0.29) is 12.2 Å². The van der Waals surface area contributed by atoms with E-state index in [0.717, 1.165) is 22.9 Å². The fourth-order valence-corrected chi connectivity index (χ4v) is 3.46. The molecule has 1 aliphatic heterocycles. The van der Waals surface area contributed by atoms with Crippen LogP contribution in [-0.2, 0) is 33.8 Å². The number of fused-ring (bicyclic) bond motifs is 1. The maximum Gasteiger partial charge on any atom is 0.260 e. The molecule has 9 heteroatoms. The van der Waals surface area contributed by atoms with Crippen LogP contribution >= 0.6 is 0 Å². The van der Waals surface area contributed by atoms with Gasteiger partial charge in [-0.3, -0.25) is 4.79 Å². The number of hydrogen-bond acceptors (Lipinski definition) is 7. The van der Waals surface area contributed by atoms with Gasteiger partial charge in [-0.25, -0.2) is 4.98 Å². The van der Waals surface area contributed by atoms with Crippen LogP contribution in [0.5, 0.6) is 0 Å². The Morgan fingerprint density at radius 3 is 2.83 bits per heavy atom. The maximum atomic E-state index is 12.6. The molecule has 2 atom stereocenters. The summed E-state index contributed by atoms with van der Waals surface area (Å²) in [5, 5.41) is 10.3. The molecule has 29 heavy (non-hydrogen) atoms. The number of rotatable bonds is 11. The number of H-pyrrole nitrogens is 1. The number of nitrogens with one attached hydrogen (secondary N) is 2. The molecule has 9 nitrogen and oxygen atoms in total. The summed E-state index contributed by atoms with van der Waals surface area (Å²) < 4.78 is 21.8. The number of aliphatic hydroxyl groups is 1. The minimum atomic E-state index is -0.665. The first-order chi connectivity index (χ1) is 14.1. The Labute approximate surface area is 169 Å². The number of ether oxygens (including phenoxy) is 3. The monoisotopic (exact) mass is 408 g/mol. The Bertz CT molecular complexity index is 801. The molecule has 0 bridgehead atoms. The Kier molecular flexibility index (Phi) is 7.96. The number of hydrogen-bond donors (Lipinski definition) is 3. The van der Waals surface area contributed by atoms with Crippen LogP contribution in [0.4, 0.5) is 0 Å². The number of aromatic amines is 1. The highest BCUT2D eigenvalue weighted by atomic mass is 16.7. The number of nitrogens with zero attached hydrogens (tertiary/aromatic N) is 1. The Morgan fingerprint density at radius 2 is 2.14 bits per heavy atom. The van der Waals surface area contributed by atoms with E-state index in [0.29, 0.717) is 50.7 Å². The van der Waals surface area contributed by atoms with Crippen molar-refractivity contribution in [3.8, 4) is 0 Å². The first-order valence-corrected chi connectivity index (χ1v) is 10.1. The van der Waals surface area contributed by atoms with Gasteiger partial charge in [-0.1, -0.05) is 0 Å². The zero-order valence-electron chi connectivity index (χ0n) is 17.0. The predicted octanol–water partition coefficient (Wildman–Crippen LogP) is -0.0468. The fourth-order valence-electron chi connectivity index (χ4n) is 3.46. The molecule has 3 heterocycles. The number of furan rings is 1. The normalized spacial score (nSPS) is 17.4. The van der Waals surface area contributed by atoms with Gasteiger partial charge in [0.2, 0.25) is 6.29 Å². The molecule has 2 aromatic rings. The second-order valence-electron chi connectivity index (χ2n) is 7.00. The van der Waals surface area contributed by atoms with Gasteiger partial charge in [-0.15, -0.1) is 0 Å². The molecule has 0 aromatic carbocycles. The molecule has 0 aliphatic carbocycles. The topological polar surface area (TPSA) is 111 Å². The van der Waals surface area contributed by atoms with Crippen molar-refractivity contribution >= 4 is 0 Å². The molecule has 0 radical (unpaired) electrons. The lowest BCUT2D eigenvalue weighted by atomic mass is 10.1. The summed E-state index contributed by atoms with van der Waals surface area (Å²) in [6.45, 7) is 7.00. The zero-order valence-corrected chi connectivity index (χ0v) is 17.0. The van der Waals surface area contributed by atoms with Gasteiger partial charge in [0.15, 0.2) is 5.82 Å². The molecule has 2 aromatic heterocycles. The number of aliphatic hydroxyl groups excluding tert-OH is 1. The lowest BCUT2D eigenvalue weighted by molar-refractivity contribution is -0.919. The van der Waals surface area contributed by atoms with E-state index in [2.05, 4.69) is 9.97 Å². The highest BCUT2D eigenvalue weighted by Crippen LogP contribution is 2.15. The first kappa shape index (κ1) is 21.7. The third-order valence-electron chi connectivity index (χ3n) is 4.78. The van der Waals surface area contributed by atoms with Crippen molar-refractivity contribution in [3.63, 3.8) is 0 Å². The fraction of sp³-hybridized carbons (Fsp3) is 0.600. The van der Waals surface area contributed by atoms with Gasteiger partial charge in [0.1, 0.15) is 31.6 Å².